The van der Waals surface area contributed by atoms with Crippen molar-refractivity contribution >= 4 is 34.4 Å². The number of ether oxygens (including phenoxy) is 1. The molecular weight excluding hydrogens is 368 g/mol. The molecule has 3 atom stereocenters. The van der Waals surface area contributed by atoms with Crippen LogP contribution in [-0.2, 0) is 18.4 Å². The largest absolute Gasteiger partial charge is 0.451 e. The highest BCUT2D eigenvalue weighted by Crippen LogP contribution is 2.47. The highest BCUT2D eigenvalue weighted by atomic mass is 32.2. The minimum atomic E-state index is -1.93. The average molecular weight is 407 g/mol. The summed E-state index contributed by atoms with van der Waals surface area (Å²) in [7, 11) is -3.85. The molecule has 0 N–H and O–H groups in total. The van der Waals surface area contributed by atoms with E-state index in [-0.39, 0.29) is 33.0 Å². The first kappa shape index (κ1) is 23.2. The summed E-state index contributed by atoms with van der Waals surface area (Å²) in [5.74, 6) is -0.239. The second-order valence-corrected chi connectivity index (χ2v) is 20.8. The summed E-state index contributed by atoms with van der Waals surface area (Å²) < 4.78 is 18.8. The minimum Gasteiger partial charge on any atom is -0.451 e. The topological polar surface area (TPSA) is 44.8 Å². The Kier molecular flexibility index (Phi) is 7.11. The van der Waals surface area contributed by atoms with E-state index in [1.54, 1.807) is 11.8 Å². The monoisotopic (exact) mass is 406 g/mol. The molecule has 0 bridgehead atoms. The van der Waals surface area contributed by atoms with Gasteiger partial charge in [0.2, 0.25) is 0 Å². The van der Waals surface area contributed by atoms with E-state index in [4.69, 9.17) is 13.6 Å². The second-order valence-electron chi connectivity index (χ2n) is 10.1. The fourth-order valence-electron chi connectivity index (χ4n) is 2.08. The first-order valence-corrected chi connectivity index (χ1v) is 15.9. The van der Waals surface area contributed by atoms with Gasteiger partial charge in [0, 0.05) is 13.3 Å². The maximum Gasteiger partial charge on any atom is 0.303 e. The predicted molar refractivity (Wildman–Crippen MR) is 112 cm³/mol. The molecule has 1 saturated heterocycles. The lowest BCUT2D eigenvalue weighted by molar-refractivity contribution is -0.142. The molecule has 1 aliphatic rings. The molecule has 0 aromatic rings. The van der Waals surface area contributed by atoms with Crippen molar-refractivity contribution in [1.82, 2.24) is 0 Å². The van der Waals surface area contributed by atoms with Crippen molar-refractivity contribution in [3.05, 3.63) is 0 Å². The van der Waals surface area contributed by atoms with Crippen LogP contribution in [0.15, 0.2) is 0 Å². The van der Waals surface area contributed by atoms with Gasteiger partial charge in [-0.25, -0.2) is 0 Å². The van der Waals surface area contributed by atoms with Gasteiger partial charge >= 0.3 is 5.97 Å². The van der Waals surface area contributed by atoms with Gasteiger partial charge in [-0.1, -0.05) is 53.3 Å². The van der Waals surface area contributed by atoms with Crippen molar-refractivity contribution in [2.24, 2.45) is 0 Å². The molecule has 1 aliphatic heterocycles. The number of carbonyl (C=O) groups excluding carboxylic acids is 1. The van der Waals surface area contributed by atoms with Crippen molar-refractivity contribution in [2.75, 3.05) is 0 Å². The molecule has 0 aliphatic carbocycles. The van der Waals surface area contributed by atoms with Gasteiger partial charge in [0.1, 0.15) is 5.44 Å². The Labute approximate surface area is 161 Å². The fourth-order valence-corrected chi connectivity index (χ4v) is 6.68. The zero-order chi connectivity index (χ0) is 19.8. The van der Waals surface area contributed by atoms with Crippen LogP contribution in [0.5, 0.6) is 0 Å². The number of hydrogen-bond donors (Lipinski definition) is 0. The molecule has 7 heteroatoms. The van der Waals surface area contributed by atoms with Crippen molar-refractivity contribution in [2.45, 2.75) is 108 Å². The zero-order valence-electron chi connectivity index (χ0n) is 18.0. The SMILES string of the molecule is CC(=O)OC1C[C@H](O[Si](C)(C)C(C)(C)C)[C@@H](O[Si](C)(C)C(C)(C)C)S1. The number of hydrogen-bond acceptors (Lipinski definition) is 5. The molecule has 0 aromatic heterocycles. The number of thioether (sulfide) groups is 1. The molecule has 1 fully saturated rings. The lowest BCUT2D eigenvalue weighted by atomic mass is 10.2. The number of rotatable bonds is 5. The lowest BCUT2D eigenvalue weighted by Crippen LogP contribution is -2.49. The van der Waals surface area contributed by atoms with E-state index in [1.165, 1.54) is 6.92 Å². The van der Waals surface area contributed by atoms with Crippen LogP contribution < -0.4 is 0 Å². The summed E-state index contributed by atoms with van der Waals surface area (Å²) in [6.45, 7) is 24.0. The van der Waals surface area contributed by atoms with Crippen LogP contribution in [0.25, 0.3) is 0 Å². The Hall–Kier alpha value is 0.174. The van der Waals surface area contributed by atoms with Gasteiger partial charge in [0.25, 0.3) is 0 Å². The van der Waals surface area contributed by atoms with E-state index in [9.17, 15) is 4.79 Å². The van der Waals surface area contributed by atoms with E-state index in [2.05, 4.69) is 67.7 Å². The molecule has 0 spiro atoms. The van der Waals surface area contributed by atoms with E-state index >= 15 is 0 Å². The van der Waals surface area contributed by atoms with Crippen molar-refractivity contribution in [3.63, 3.8) is 0 Å². The van der Waals surface area contributed by atoms with Crippen LogP contribution in [0.4, 0.5) is 0 Å². The highest BCUT2D eigenvalue weighted by Gasteiger charge is 2.49. The predicted octanol–water partition coefficient (Wildman–Crippen LogP) is 5.75. The molecule has 148 valence electrons. The summed E-state index contributed by atoms with van der Waals surface area (Å²) >= 11 is 1.61. The second kappa shape index (κ2) is 7.66. The standard InChI is InChI=1S/C18H38O4SSi2/c1-13(19)20-15-12-14(21-24(8,9)17(2,3)4)16(23-15)22-25(10,11)18(5,6)7/h14-16H,12H2,1-11H3/t14-,15?,16-/m0/s1. The Morgan fingerprint density at radius 1 is 0.920 bits per heavy atom. The lowest BCUT2D eigenvalue weighted by Gasteiger charge is -2.42. The normalized spacial score (nSPS) is 26.0. The first-order chi connectivity index (χ1) is 11.0. The maximum atomic E-state index is 11.4. The van der Waals surface area contributed by atoms with Gasteiger partial charge in [-0.3, -0.25) is 4.79 Å². The van der Waals surface area contributed by atoms with Crippen LogP contribution in [0.2, 0.25) is 36.3 Å². The van der Waals surface area contributed by atoms with Gasteiger partial charge in [0.15, 0.2) is 22.1 Å². The van der Waals surface area contributed by atoms with E-state index in [1.807, 2.05) is 0 Å². The van der Waals surface area contributed by atoms with Gasteiger partial charge in [0.05, 0.1) is 6.10 Å². The summed E-state index contributed by atoms with van der Waals surface area (Å²) in [6.07, 6.45) is 0.681. The molecule has 1 heterocycles. The molecule has 0 radical (unpaired) electrons. The van der Waals surface area contributed by atoms with Crippen molar-refractivity contribution in [3.8, 4) is 0 Å². The van der Waals surface area contributed by atoms with Crippen LogP contribution in [0, 0.1) is 0 Å². The van der Waals surface area contributed by atoms with Crippen molar-refractivity contribution < 1.29 is 18.4 Å². The average Bonchev–Trinajstić information content (AvgIpc) is 2.65. The van der Waals surface area contributed by atoms with Crippen LogP contribution in [-0.4, -0.2) is 39.6 Å². The Morgan fingerprint density at radius 2 is 1.36 bits per heavy atom. The Morgan fingerprint density at radius 3 is 1.76 bits per heavy atom. The molecule has 0 saturated carbocycles. The summed E-state index contributed by atoms with van der Waals surface area (Å²) in [4.78, 5) is 11.4. The molecule has 0 aromatic carbocycles. The van der Waals surface area contributed by atoms with Crippen LogP contribution >= 0.6 is 11.8 Å². The fraction of sp³-hybridized carbons (Fsp3) is 0.944. The summed E-state index contributed by atoms with van der Waals surface area (Å²) in [5, 5.41) is 0.271. The van der Waals surface area contributed by atoms with Gasteiger partial charge < -0.3 is 13.6 Å². The van der Waals surface area contributed by atoms with Crippen LogP contribution in [0.3, 0.4) is 0 Å². The Bertz CT molecular complexity index is 444. The third-order valence-electron chi connectivity index (χ3n) is 5.78. The molecule has 0 amide bonds. The highest BCUT2D eigenvalue weighted by molar-refractivity contribution is 8.00. The smallest absolute Gasteiger partial charge is 0.303 e. The quantitative estimate of drug-likeness (QED) is 0.429. The van der Waals surface area contributed by atoms with E-state index < -0.39 is 16.6 Å². The minimum absolute atomic E-state index is 0.0237. The van der Waals surface area contributed by atoms with Gasteiger partial charge in [-0.2, -0.15) is 0 Å². The van der Waals surface area contributed by atoms with E-state index in [0.717, 1.165) is 0 Å². The van der Waals surface area contributed by atoms with Crippen molar-refractivity contribution in [1.29, 1.82) is 0 Å². The first-order valence-electron chi connectivity index (χ1n) is 9.14. The number of carbonyl (C=O) groups is 1. The third-order valence-corrected chi connectivity index (χ3v) is 16.2. The summed E-state index contributed by atoms with van der Waals surface area (Å²) in [5.41, 5.74) is -0.249. The number of esters is 1. The van der Waals surface area contributed by atoms with Crippen LogP contribution in [0.1, 0.15) is 54.9 Å². The summed E-state index contributed by atoms with van der Waals surface area (Å²) in [6, 6.07) is 0. The van der Waals surface area contributed by atoms with Gasteiger partial charge in [-0.05, 0) is 36.3 Å². The molecule has 4 nitrogen and oxygen atoms in total. The molecule has 1 unspecified atom stereocenters. The maximum absolute atomic E-state index is 11.4. The zero-order valence-corrected chi connectivity index (χ0v) is 20.8. The molecule has 1 rings (SSSR count). The van der Waals surface area contributed by atoms with Gasteiger partial charge in [-0.15, -0.1) is 0 Å². The third kappa shape index (κ3) is 6.09. The van der Waals surface area contributed by atoms with E-state index in [0.29, 0.717) is 6.42 Å². The molecular formula is C18H38O4SSi2. The molecule has 25 heavy (non-hydrogen) atoms. The Balaban J connectivity index is 2.99.